The minimum Gasteiger partial charge on any atom is -0.492 e. The molecule has 0 aliphatic heterocycles. The molecule has 62 valence electrons. The largest absolute Gasteiger partial charge is 0.492 e. The van der Waals surface area contributed by atoms with Crippen LogP contribution < -0.4 is 0 Å². The molecular weight excluding hydrogens is 160 g/mol. The summed E-state index contributed by atoms with van der Waals surface area (Å²) in [5.41, 5.74) is 0.828. The summed E-state index contributed by atoms with van der Waals surface area (Å²) in [6.07, 6.45) is 2.80. The van der Waals surface area contributed by atoms with E-state index >= 15 is 0 Å². The van der Waals surface area contributed by atoms with Crippen LogP contribution >= 0.6 is 11.8 Å². The Hall–Kier alpha value is -0.640. The van der Waals surface area contributed by atoms with Crippen LogP contribution in [0.2, 0.25) is 0 Å². The standard InChI is InChI=1S/C7H12N2OS/c1-3-5-7(10)9-6(8-5)4-11-2/h10H,3-4H2,1-2H3,(H,8,9). The Morgan fingerprint density at radius 3 is 2.82 bits per heavy atom. The van der Waals surface area contributed by atoms with E-state index in [0.29, 0.717) is 0 Å². The SMILES string of the molecule is CCc1[nH]c(CSC)nc1O. The smallest absolute Gasteiger partial charge is 0.232 e. The van der Waals surface area contributed by atoms with Crippen LogP contribution in [-0.2, 0) is 12.2 Å². The van der Waals surface area contributed by atoms with Crippen LogP contribution in [0.25, 0.3) is 0 Å². The molecule has 0 unspecified atom stereocenters. The van der Waals surface area contributed by atoms with Crippen LogP contribution in [0.1, 0.15) is 18.4 Å². The maximum absolute atomic E-state index is 9.21. The van der Waals surface area contributed by atoms with Crippen molar-refractivity contribution in [3.8, 4) is 5.88 Å². The summed E-state index contributed by atoms with van der Waals surface area (Å²) in [7, 11) is 0. The van der Waals surface area contributed by atoms with Crippen molar-refractivity contribution in [3.63, 3.8) is 0 Å². The zero-order valence-electron chi connectivity index (χ0n) is 6.72. The third kappa shape index (κ3) is 1.89. The van der Waals surface area contributed by atoms with Crippen molar-refractivity contribution in [2.24, 2.45) is 0 Å². The van der Waals surface area contributed by atoms with Gasteiger partial charge in [-0.15, -0.1) is 0 Å². The van der Waals surface area contributed by atoms with Gasteiger partial charge >= 0.3 is 0 Å². The van der Waals surface area contributed by atoms with Gasteiger partial charge in [0.25, 0.3) is 0 Å². The quantitative estimate of drug-likeness (QED) is 0.727. The molecule has 3 nitrogen and oxygen atoms in total. The number of hydrogen-bond acceptors (Lipinski definition) is 3. The van der Waals surface area contributed by atoms with E-state index in [1.807, 2.05) is 13.2 Å². The lowest BCUT2D eigenvalue weighted by atomic mass is 10.4. The van der Waals surface area contributed by atoms with Gasteiger partial charge in [-0.05, 0) is 12.7 Å². The van der Waals surface area contributed by atoms with Crippen LogP contribution in [0.15, 0.2) is 0 Å². The van der Waals surface area contributed by atoms with E-state index in [2.05, 4.69) is 9.97 Å². The number of H-pyrrole nitrogens is 1. The maximum Gasteiger partial charge on any atom is 0.232 e. The number of aryl methyl sites for hydroxylation is 1. The average Bonchev–Trinajstić information content (AvgIpc) is 2.32. The van der Waals surface area contributed by atoms with Crippen molar-refractivity contribution in [1.82, 2.24) is 9.97 Å². The molecule has 0 spiro atoms. The lowest BCUT2D eigenvalue weighted by Crippen LogP contribution is -1.83. The molecule has 0 saturated carbocycles. The molecule has 2 N–H and O–H groups in total. The summed E-state index contributed by atoms with van der Waals surface area (Å²) < 4.78 is 0. The first kappa shape index (κ1) is 8.46. The van der Waals surface area contributed by atoms with Crippen molar-refractivity contribution >= 4 is 11.8 Å². The van der Waals surface area contributed by atoms with Gasteiger partial charge in [0, 0.05) is 0 Å². The second kappa shape index (κ2) is 3.67. The monoisotopic (exact) mass is 172 g/mol. The van der Waals surface area contributed by atoms with Gasteiger partial charge in [0.2, 0.25) is 5.88 Å². The third-order valence-electron chi connectivity index (χ3n) is 1.44. The molecule has 0 aromatic carbocycles. The number of hydrogen-bond donors (Lipinski definition) is 2. The Bertz CT molecular complexity index is 234. The average molecular weight is 172 g/mol. The molecular formula is C7H12N2OS. The van der Waals surface area contributed by atoms with E-state index in [0.717, 1.165) is 23.7 Å². The molecule has 1 rings (SSSR count). The van der Waals surface area contributed by atoms with Crippen LogP contribution in [-0.4, -0.2) is 21.3 Å². The Kier molecular flexibility index (Phi) is 2.82. The Labute approximate surface area is 70.2 Å². The molecule has 4 heteroatoms. The predicted octanol–water partition coefficient (Wildman–Crippen LogP) is 1.54. The fourth-order valence-electron chi connectivity index (χ4n) is 0.905. The Morgan fingerprint density at radius 2 is 2.36 bits per heavy atom. The fourth-order valence-corrected chi connectivity index (χ4v) is 1.32. The highest BCUT2D eigenvalue weighted by Gasteiger charge is 2.05. The van der Waals surface area contributed by atoms with Crippen molar-refractivity contribution in [2.45, 2.75) is 19.1 Å². The van der Waals surface area contributed by atoms with Crippen LogP contribution in [0.4, 0.5) is 0 Å². The minimum absolute atomic E-state index is 0.150. The molecule has 1 aromatic rings. The lowest BCUT2D eigenvalue weighted by Gasteiger charge is -1.88. The first-order chi connectivity index (χ1) is 5.27. The lowest BCUT2D eigenvalue weighted by molar-refractivity contribution is 0.449. The molecule has 0 fully saturated rings. The minimum atomic E-state index is 0.150. The zero-order chi connectivity index (χ0) is 8.27. The molecule has 1 heterocycles. The summed E-state index contributed by atoms with van der Waals surface area (Å²) in [5, 5.41) is 9.21. The second-order valence-corrected chi connectivity index (χ2v) is 3.14. The van der Waals surface area contributed by atoms with E-state index in [1.165, 1.54) is 0 Å². The van der Waals surface area contributed by atoms with Gasteiger partial charge in [-0.3, -0.25) is 0 Å². The Morgan fingerprint density at radius 1 is 1.64 bits per heavy atom. The van der Waals surface area contributed by atoms with E-state index in [9.17, 15) is 5.11 Å². The van der Waals surface area contributed by atoms with Crippen LogP contribution in [0.5, 0.6) is 5.88 Å². The summed E-state index contributed by atoms with van der Waals surface area (Å²) in [6, 6.07) is 0. The fraction of sp³-hybridized carbons (Fsp3) is 0.571. The highest BCUT2D eigenvalue weighted by atomic mass is 32.2. The van der Waals surface area contributed by atoms with Gasteiger partial charge in [-0.25, -0.2) is 0 Å². The van der Waals surface area contributed by atoms with E-state index < -0.39 is 0 Å². The van der Waals surface area contributed by atoms with Crippen molar-refractivity contribution in [2.75, 3.05) is 6.26 Å². The Balaban J connectivity index is 2.77. The molecule has 0 aliphatic carbocycles. The molecule has 0 aliphatic rings. The highest BCUT2D eigenvalue weighted by Crippen LogP contribution is 2.15. The van der Waals surface area contributed by atoms with Crippen molar-refractivity contribution < 1.29 is 5.11 Å². The number of nitrogens with one attached hydrogen (secondary N) is 1. The van der Waals surface area contributed by atoms with Crippen LogP contribution in [0.3, 0.4) is 0 Å². The first-order valence-electron chi connectivity index (χ1n) is 3.53. The van der Waals surface area contributed by atoms with Crippen molar-refractivity contribution in [3.05, 3.63) is 11.5 Å². The number of aromatic nitrogens is 2. The second-order valence-electron chi connectivity index (χ2n) is 2.27. The predicted molar refractivity (Wildman–Crippen MR) is 46.8 cm³/mol. The molecule has 0 saturated heterocycles. The number of thioether (sulfide) groups is 1. The summed E-state index contributed by atoms with van der Waals surface area (Å²) in [4.78, 5) is 7.00. The van der Waals surface area contributed by atoms with Gasteiger partial charge < -0.3 is 10.1 Å². The van der Waals surface area contributed by atoms with Crippen LogP contribution in [0, 0.1) is 0 Å². The van der Waals surface area contributed by atoms with Gasteiger partial charge in [-0.1, -0.05) is 6.92 Å². The maximum atomic E-state index is 9.21. The third-order valence-corrected chi connectivity index (χ3v) is 2.00. The molecule has 0 radical (unpaired) electrons. The number of rotatable bonds is 3. The molecule has 0 atom stereocenters. The number of aromatic amines is 1. The summed E-state index contributed by atoms with van der Waals surface area (Å²) >= 11 is 1.68. The summed E-state index contributed by atoms with van der Waals surface area (Å²) in [5.74, 6) is 1.83. The first-order valence-corrected chi connectivity index (χ1v) is 4.93. The van der Waals surface area contributed by atoms with Gasteiger partial charge in [-0.2, -0.15) is 16.7 Å². The van der Waals surface area contributed by atoms with Crippen molar-refractivity contribution in [1.29, 1.82) is 0 Å². The number of imidazole rings is 1. The van der Waals surface area contributed by atoms with E-state index in [1.54, 1.807) is 11.8 Å². The normalized spacial score (nSPS) is 10.4. The molecule has 0 bridgehead atoms. The van der Waals surface area contributed by atoms with Gasteiger partial charge in [0.1, 0.15) is 5.82 Å². The highest BCUT2D eigenvalue weighted by molar-refractivity contribution is 7.97. The summed E-state index contributed by atoms with van der Waals surface area (Å²) in [6.45, 7) is 1.98. The van der Waals surface area contributed by atoms with E-state index in [-0.39, 0.29) is 5.88 Å². The topological polar surface area (TPSA) is 48.9 Å². The molecule has 1 aromatic heterocycles. The molecule has 11 heavy (non-hydrogen) atoms. The zero-order valence-corrected chi connectivity index (χ0v) is 7.53. The number of nitrogens with zero attached hydrogens (tertiary/aromatic N) is 1. The van der Waals surface area contributed by atoms with E-state index in [4.69, 9.17) is 0 Å². The number of aromatic hydroxyl groups is 1. The van der Waals surface area contributed by atoms with Gasteiger partial charge in [0.15, 0.2) is 0 Å². The van der Waals surface area contributed by atoms with Gasteiger partial charge in [0.05, 0.1) is 11.4 Å². The molecule has 0 amide bonds.